The van der Waals surface area contributed by atoms with Crippen LogP contribution in [0.25, 0.3) is 11.4 Å². The number of carboxylic acid groups (broad SMARTS) is 1. The first kappa shape index (κ1) is 26.8. The lowest BCUT2D eigenvalue weighted by Crippen LogP contribution is -2.66. The molecular formula is C29H35N5O5. The van der Waals surface area contributed by atoms with Gasteiger partial charge in [0.2, 0.25) is 17.6 Å². The van der Waals surface area contributed by atoms with Crippen molar-refractivity contribution in [3.05, 3.63) is 65.3 Å². The van der Waals surface area contributed by atoms with Gasteiger partial charge in [0.15, 0.2) is 0 Å². The SMILES string of the molecule is CC(=O)N1CCC(c2nc(-c3cncc([C@@](O)(c4ccc(C(C)C)cc4)C4(C)CN(C(=O)O)C4)c3)no2)CC1. The predicted octanol–water partition coefficient (Wildman–Crippen LogP) is 4.22. The molecule has 206 valence electrons. The van der Waals surface area contributed by atoms with Crippen molar-refractivity contribution in [1.82, 2.24) is 24.9 Å². The molecule has 0 unspecified atom stereocenters. The molecule has 0 saturated carbocycles. The van der Waals surface area contributed by atoms with Crippen LogP contribution in [0.5, 0.6) is 0 Å². The molecule has 0 spiro atoms. The average Bonchev–Trinajstić information content (AvgIpc) is 3.41. The summed E-state index contributed by atoms with van der Waals surface area (Å²) in [5, 5.41) is 26.2. The number of carbonyl (C=O) groups is 2. The van der Waals surface area contributed by atoms with E-state index in [-0.39, 0.29) is 24.9 Å². The summed E-state index contributed by atoms with van der Waals surface area (Å²) in [6, 6.07) is 9.64. The minimum Gasteiger partial charge on any atom is -0.465 e. The van der Waals surface area contributed by atoms with Crippen LogP contribution >= 0.6 is 0 Å². The molecule has 2 aliphatic rings. The number of rotatable bonds is 6. The molecule has 2 fully saturated rings. The van der Waals surface area contributed by atoms with Crippen molar-refractivity contribution in [2.24, 2.45) is 5.41 Å². The number of carbonyl (C=O) groups excluding carboxylic acids is 1. The zero-order chi connectivity index (χ0) is 27.9. The highest BCUT2D eigenvalue weighted by molar-refractivity contribution is 5.73. The number of piperidine rings is 1. The van der Waals surface area contributed by atoms with Crippen LogP contribution in [-0.4, -0.2) is 73.3 Å². The summed E-state index contributed by atoms with van der Waals surface area (Å²) in [6.07, 6.45) is 3.75. The lowest BCUT2D eigenvalue weighted by molar-refractivity contribution is -0.129. The summed E-state index contributed by atoms with van der Waals surface area (Å²) in [5.74, 6) is 1.38. The topological polar surface area (TPSA) is 133 Å². The van der Waals surface area contributed by atoms with E-state index in [4.69, 9.17) is 4.52 Å². The van der Waals surface area contributed by atoms with Gasteiger partial charge in [-0.2, -0.15) is 4.98 Å². The molecule has 0 aliphatic carbocycles. The fourth-order valence-corrected chi connectivity index (χ4v) is 5.85. The Morgan fingerprint density at radius 1 is 1.08 bits per heavy atom. The van der Waals surface area contributed by atoms with Gasteiger partial charge < -0.3 is 24.5 Å². The molecule has 2 saturated heterocycles. The molecule has 3 aromatic rings. The number of likely N-dealkylation sites (tertiary alicyclic amines) is 2. The Balaban J connectivity index is 1.47. The van der Waals surface area contributed by atoms with Crippen LogP contribution in [0.15, 0.2) is 47.2 Å². The molecule has 0 bridgehead atoms. The molecule has 1 atom stereocenters. The van der Waals surface area contributed by atoms with E-state index >= 15 is 0 Å². The van der Waals surface area contributed by atoms with Crippen LogP contribution in [0.3, 0.4) is 0 Å². The molecule has 1 aromatic carbocycles. The summed E-state index contributed by atoms with van der Waals surface area (Å²) in [4.78, 5) is 35.4. The highest BCUT2D eigenvalue weighted by atomic mass is 16.5. The van der Waals surface area contributed by atoms with Crippen molar-refractivity contribution in [2.45, 2.75) is 58.0 Å². The first-order valence-electron chi connectivity index (χ1n) is 13.4. The van der Waals surface area contributed by atoms with E-state index in [1.807, 2.05) is 42.2 Å². The van der Waals surface area contributed by atoms with Crippen LogP contribution < -0.4 is 0 Å². The summed E-state index contributed by atoms with van der Waals surface area (Å²) in [5.41, 5.74) is 0.656. The summed E-state index contributed by atoms with van der Waals surface area (Å²) >= 11 is 0. The molecule has 2 N–H and O–H groups in total. The van der Waals surface area contributed by atoms with Gasteiger partial charge >= 0.3 is 6.09 Å². The van der Waals surface area contributed by atoms with Crippen LogP contribution in [0.1, 0.15) is 75.0 Å². The van der Waals surface area contributed by atoms with E-state index in [2.05, 4.69) is 29.0 Å². The van der Waals surface area contributed by atoms with Gasteiger partial charge in [-0.1, -0.05) is 50.2 Å². The number of amides is 2. The Labute approximate surface area is 227 Å². The third-order valence-corrected chi connectivity index (χ3v) is 8.36. The number of hydrogen-bond donors (Lipinski definition) is 2. The standard InChI is InChI=1S/C29H35N5O5/c1-18(2)20-5-7-23(8-6-20)29(38,28(4)16-34(17-28)27(36)37)24-13-22(14-30-15-24)25-31-26(39-32-25)21-9-11-33(12-10-21)19(3)35/h5-8,13-15,18,21,38H,9-12,16-17H2,1-4H3,(H,36,37)/t29-/m0/s1. The normalized spacial score (nSPS) is 19.0. The van der Waals surface area contributed by atoms with Crippen LogP contribution in [0.4, 0.5) is 4.79 Å². The van der Waals surface area contributed by atoms with E-state index < -0.39 is 17.1 Å². The van der Waals surface area contributed by atoms with Crippen molar-refractivity contribution < 1.29 is 24.3 Å². The van der Waals surface area contributed by atoms with Crippen molar-refractivity contribution in [2.75, 3.05) is 26.2 Å². The van der Waals surface area contributed by atoms with Gasteiger partial charge in [0.1, 0.15) is 5.60 Å². The fourth-order valence-electron chi connectivity index (χ4n) is 5.85. The number of nitrogens with zero attached hydrogens (tertiary/aromatic N) is 5. The van der Waals surface area contributed by atoms with E-state index in [1.165, 1.54) is 4.90 Å². The predicted molar refractivity (Wildman–Crippen MR) is 143 cm³/mol. The van der Waals surface area contributed by atoms with Gasteiger partial charge in [-0.05, 0) is 36.0 Å². The lowest BCUT2D eigenvalue weighted by Gasteiger charge is -2.55. The minimum atomic E-state index is -1.51. The van der Waals surface area contributed by atoms with E-state index in [0.717, 1.165) is 18.4 Å². The molecule has 10 nitrogen and oxygen atoms in total. The number of benzene rings is 1. The highest BCUT2D eigenvalue weighted by Gasteiger charge is 2.57. The van der Waals surface area contributed by atoms with Crippen molar-refractivity contribution in [1.29, 1.82) is 0 Å². The zero-order valence-electron chi connectivity index (χ0n) is 22.8. The second kappa shape index (κ2) is 10.1. The first-order valence-corrected chi connectivity index (χ1v) is 13.4. The van der Waals surface area contributed by atoms with Gasteiger partial charge in [0.05, 0.1) is 0 Å². The molecule has 4 heterocycles. The first-order chi connectivity index (χ1) is 18.5. The van der Waals surface area contributed by atoms with Gasteiger partial charge in [0.25, 0.3) is 0 Å². The Hall–Kier alpha value is -3.79. The number of aromatic nitrogens is 3. The lowest BCUT2D eigenvalue weighted by atomic mass is 9.62. The molecule has 2 aromatic heterocycles. The number of pyridine rings is 1. The number of hydrogen-bond acceptors (Lipinski definition) is 7. The van der Waals surface area contributed by atoms with Gasteiger partial charge in [0, 0.05) is 68.0 Å². The Kier molecular flexibility index (Phi) is 6.92. The number of aliphatic hydroxyl groups is 1. The Bertz CT molecular complexity index is 1360. The molecule has 39 heavy (non-hydrogen) atoms. The second-order valence-corrected chi connectivity index (χ2v) is 11.4. The van der Waals surface area contributed by atoms with Gasteiger partial charge in [-0.3, -0.25) is 9.78 Å². The molecule has 10 heteroatoms. The van der Waals surface area contributed by atoms with Crippen molar-refractivity contribution >= 4 is 12.0 Å². The van der Waals surface area contributed by atoms with Gasteiger partial charge in [-0.15, -0.1) is 0 Å². The van der Waals surface area contributed by atoms with Gasteiger partial charge in [-0.25, -0.2) is 4.79 Å². The zero-order valence-corrected chi connectivity index (χ0v) is 22.8. The molecule has 2 aliphatic heterocycles. The van der Waals surface area contributed by atoms with Crippen molar-refractivity contribution in [3.8, 4) is 11.4 Å². The average molecular weight is 534 g/mol. The Morgan fingerprint density at radius 2 is 1.74 bits per heavy atom. The monoisotopic (exact) mass is 533 g/mol. The van der Waals surface area contributed by atoms with Crippen molar-refractivity contribution in [3.63, 3.8) is 0 Å². The van der Waals surface area contributed by atoms with Crippen LogP contribution in [0.2, 0.25) is 0 Å². The summed E-state index contributed by atoms with van der Waals surface area (Å²) < 4.78 is 5.61. The maximum atomic E-state index is 12.5. The third-order valence-electron chi connectivity index (χ3n) is 8.36. The third kappa shape index (κ3) is 4.78. The fraction of sp³-hybridized carbons (Fsp3) is 0.483. The minimum absolute atomic E-state index is 0.0699. The Morgan fingerprint density at radius 3 is 2.33 bits per heavy atom. The molecule has 0 radical (unpaired) electrons. The van der Waals surface area contributed by atoms with E-state index in [0.29, 0.717) is 47.4 Å². The second-order valence-electron chi connectivity index (χ2n) is 11.4. The molecule has 5 rings (SSSR count). The van der Waals surface area contributed by atoms with Crippen LogP contribution in [0, 0.1) is 5.41 Å². The van der Waals surface area contributed by atoms with Crippen LogP contribution in [-0.2, 0) is 10.4 Å². The van der Waals surface area contributed by atoms with E-state index in [9.17, 15) is 19.8 Å². The maximum absolute atomic E-state index is 12.5. The molecule has 2 amide bonds. The highest BCUT2D eigenvalue weighted by Crippen LogP contribution is 2.51. The quantitative estimate of drug-likeness (QED) is 0.481. The molecular weight excluding hydrogens is 498 g/mol. The summed E-state index contributed by atoms with van der Waals surface area (Å²) in [6.45, 7) is 9.37. The van der Waals surface area contributed by atoms with E-state index in [1.54, 1.807) is 19.3 Å². The smallest absolute Gasteiger partial charge is 0.407 e. The largest absolute Gasteiger partial charge is 0.465 e. The summed E-state index contributed by atoms with van der Waals surface area (Å²) in [7, 11) is 0. The maximum Gasteiger partial charge on any atom is 0.407 e.